The van der Waals surface area contributed by atoms with Gasteiger partial charge < -0.3 is 10.4 Å². The monoisotopic (exact) mass is 379 g/mol. The van der Waals surface area contributed by atoms with Crippen LogP contribution < -0.4 is 5.32 Å². The molecule has 1 aliphatic rings. The van der Waals surface area contributed by atoms with Gasteiger partial charge in [-0.2, -0.15) is 13.2 Å². The fourth-order valence-corrected chi connectivity index (χ4v) is 3.67. The van der Waals surface area contributed by atoms with Crippen molar-refractivity contribution in [1.82, 2.24) is 5.32 Å². The minimum Gasteiger partial charge on any atom is -0.509 e. The lowest BCUT2D eigenvalue weighted by molar-refractivity contribution is -0.137. The molecule has 0 saturated carbocycles. The lowest BCUT2D eigenvalue weighted by Gasteiger charge is -2.10. The van der Waals surface area contributed by atoms with E-state index < -0.39 is 23.7 Å². The molecule has 1 unspecified atom stereocenters. The number of aliphatic hydroxyl groups excluding tert-OH is 1. The number of carbonyl (C=O) groups is 1. The van der Waals surface area contributed by atoms with Crippen molar-refractivity contribution in [2.75, 3.05) is 0 Å². The molecule has 0 bridgehead atoms. The summed E-state index contributed by atoms with van der Waals surface area (Å²) in [5, 5.41) is 13.0. The van der Waals surface area contributed by atoms with Gasteiger partial charge in [0.25, 0.3) is 5.91 Å². The van der Waals surface area contributed by atoms with E-state index in [1.54, 1.807) is 6.07 Å². The van der Waals surface area contributed by atoms with Crippen LogP contribution >= 0.6 is 11.8 Å². The number of amides is 1. The summed E-state index contributed by atoms with van der Waals surface area (Å²) in [6, 6.07) is 13.8. The van der Waals surface area contributed by atoms with Gasteiger partial charge in [-0.1, -0.05) is 48.5 Å². The number of alkyl halides is 3. The summed E-state index contributed by atoms with van der Waals surface area (Å²) in [5.74, 6) is -0.300. The molecule has 1 aliphatic heterocycles. The number of hydrogen-bond donors (Lipinski definition) is 2. The predicted molar refractivity (Wildman–Crippen MR) is 94.5 cm³/mol. The molecule has 3 rings (SSSR count). The highest BCUT2D eigenvalue weighted by molar-refractivity contribution is 8.03. The molecule has 0 radical (unpaired) electrons. The zero-order chi connectivity index (χ0) is 18.7. The molecule has 2 aromatic rings. The summed E-state index contributed by atoms with van der Waals surface area (Å²) >= 11 is 1.04. The first-order chi connectivity index (χ1) is 12.3. The van der Waals surface area contributed by atoms with Gasteiger partial charge in [0.05, 0.1) is 11.6 Å². The van der Waals surface area contributed by atoms with Gasteiger partial charge in [-0.3, -0.25) is 4.79 Å². The zero-order valence-corrected chi connectivity index (χ0v) is 14.4. The SMILES string of the molecule is O=C1NC(Cc2ccccc2)C(O)=C1SCc1cccc(C(F)(F)F)c1. The first-order valence-corrected chi connectivity index (χ1v) is 8.90. The quantitative estimate of drug-likeness (QED) is 0.807. The summed E-state index contributed by atoms with van der Waals surface area (Å²) in [6.45, 7) is 0. The Morgan fingerprint density at radius 2 is 1.73 bits per heavy atom. The van der Waals surface area contributed by atoms with Gasteiger partial charge in [-0.05, 0) is 23.6 Å². The van der Waals surface area contributed by atoms with Gasteiger partial charge in [0, 0.05) is 5.75 Å². The lowest BCUT2D eigenvalue weighted by Crippen LogP contribution is -2.30. The van der Waals surface area contributed by atoms with Crippen molar-refractivity contribution in [2.45, 2.75) is 24.4 Å². The average Bonchev–Trinajstić information content (AvgIpc) is 2.87. The molecule has 1 amide bonds. The van der Waals surface area contributed by atoms with Gasteiger partial charge >= 0.3 is 6.18 Å². The maximum atomic E-state index is 12.8. The van der Waals surface area contributed by atoms with Crippen LogP contribution in [-0.2, 0) is 23.1 Å². The van der Waals surface area contributed by atoms with Crippen LogP contribution in [0.5, 0.6) is 0 Å². The molecule has 0 aliphatic carbocycles. The number of rotatable bonds is 5. The Bertz CT molecular complexity index is 834. The van der Waals surface area contributed by atoms with E-state index in [2.05, 4.69) is 5.32 Å². The van der Waals surface area contributed by atoms with Crippen LogP contribution in [-0.4, -0.2) is 17.1 Å². The molecule has 136 valence electrons. The number of hydrogen-bond acceptors (Lipinski definition) is 3. The number of halogens is 3. The third kappa shape index (κ3) is 4.22. The van der Waals surface area contributed by atoms with E-state index in [1.165, 1.54) is 6.07 Å². The number of benzene rings is 2. The van der Waals surface area contributed by atoms with E-state index in [-0.39, 0.29) is 16.4 Å². The van der Waals surface area contributed by atoms with Crippen LogP contribution in [0.1, 0.15) is 16.7 Å². The van der Waals surface area contributed by atoms with Crippen molar-refractivity contribution in [3.63, 3.8) is 0 Å². The molecule has 1 atom stereocenters. The Hall–Kier alpha value is -2.41. The van der Waals surface area contributed by atoms with Crippen LogP contribution in [0.3, 0.4) is 0 Å². The first kappa shape index (κ1) is 18.4. The molecular weight excluding hydrogens is 363 g/mol. The molecule has 26 heavy (non-hydrogen) atoms. The van der Waals surface area contributed by atoms with Gasteiger partial charge in [-0.25, -0.2) is 0 Å². The van der Waals surface area contributed by atoms with E-state index >= 15 is 0 Å². The lowest BCUT2D eigenvalue weighted by atomic mass is 10.1. The largest absolute Gasteiger partial charge is 0.509 e. The van der Waals surface area contributed by atoms with Crippen LogP contribution in [0.2, 0.25) is 0 Å². The summed E-state index contributed by atoms with van der Waals surface area (Å²) in [5.41, 5.74) is 0.671. The third-order valence-corrected chi connectivity index (χ3v) is 5.16. The Morgan fingerprint density at radius 1 is 1.04 bits per heavy atom. The second-order valence-electron chi connectivity index (χ2n) is 5.92. The van der Waals surface area contributed by atoms with E-state index in [1.807, 2.05) is 30.3 Å². The minimum atomic E-state index is -4.41. The summed E-state index contributed by atoms with van der Waals surface area (Å²) in [6.07, 6.45) is -3.96. The summed E-state index contributed by atoms with van der Waals surface area (Å²) in [7, 11) is 0. The third-order valence-electron chi connectivity index (χ3n) is 3.99. The van der Waals surface area contributed by atoms with Crippen molar-refractivity contribution in [2.24, 2.45) is 0 Å². The zero-order valence-electron chi connectivity index (χ0n) is 13.6. The number of nitrogens with one attached hydrogen (secondary N) is 1. The van der Waals surface area contributed by atoms with E-state index in [4.69, 9.17) is 0 Å². The Balaban J connectivity index is 1.70. The first-order valence-electron chi connectivity index (χ1n) is 7.91. The Morgan fingerprint density at radius 3 is 2.42 bits per heavy atom. The van der Waals surface area contributed by atoms with Gasteiger partial charge in [0.1, 0.15) is 10.7 Å². The average molecular weight is 379 g/mol. The molecule has 2 aromatic carbocycles. The maximum Gasteiger partial charge on any atom is 0.416 e. The second-order valence-corrected chi connectivity index (χ2v) is 6.90. The van der Waals surface area contributed by atoms with E-state index in [9.17, 15) is 23.1 Å². The fraction of sp³-hybridized carbons (Fsp3) is 0.211. The van der Waals surface area contributed by atoms with Crippen molar-refractivity contribution < 1.29 is 23.1 Å². The van der Waals surface area contributed by atoms with Crippen LogP contribution in [0, 0.1) is 0 Å². The Kier molecular flexibility index (Phi) is 5.27. The molecule has 0 aromatic heterocycles. The molecule has 7 heteroatoms. The Labute approximate surface area is 152 Å². The second kappa shape index (κ2) is 7.45. The fourth-order valence-electron chi connectivity index (χ4n) is 2.70. The highest BCUT2D eigenvalue weighted by Crippen LogP contribution is 2.33. The normalized spacial score (nSPS) is 17.5. The molecule has 3 nitrogen and oxygen atoms in total. The number of aliphatic hydroxyl groups is 1. The van der Waals surface area contributed by atoms with Crippen molar-refractivity contribution >= 4 is 17.7 Å². The summed E-state index contributed by atoms with van der Waals surface area (Å²) < 4.78 is 38.3. The van der Waals surface area contributed by atoms with Crippen LogP contribution in [0.25, 0.3) is 0 Å². The van der Waals surface area contributed by atoms with Gasteiger partial charge in [-0.15, -0.1) is 11.8 Å². The van der Waals surface area contributed by atoms with Crippen molar-refractivity contribution in [1.29, 1.82) is 0 Å². The summed E-state index contributed by atoms with van der Waals surface area (Å²) in [4.78, 5) is 12.3. The van der Waals surface area contributed by atoms with Crippen molar-refractivity contribution in [3.05, 3.63) is 82.0 Å². The standard InChI is InChI=1S/C19H16F3NO2S/c20-19(21,22)14-8-4-7-13(9-14)11-26-17-16(24)15(23-18(17)25)10-12-5-2-1-3-6-12/h1-9,15,24H,10-11H2,(H,23,25). The topological polar surface area (TPSA) is 49.3 Å². The predicted octanol–water partition coefficient (Wildman–Crippen LogP) is 4.45. The smallest absolute Gasteiger partial charge is 0.416 e. The molecule has 0 spiro atoms. The molecule has 2 N–H and O–H groups in total. The number of carbonyl (C=O) groups excluding carboxylic acids is 1. The van der Waals surface area contributed by atoms with Crippen LogP contribution in [0.15, 0.2) is 65.3 Å². The molecular formula is C19H16F3NO2S. The van der Waals surface area contributed by atoms with E-state index in [0.717, 1.165) is 29.5 Å². The molecule has 1 heterocycles. The maximum absolute atomic E-state index is 12.8. The number of thioether (sulfide) groups is 1. The highest BCUT2D eigenvalue weighted by Gasteiger charge is 2.33. The molecule has 0 saturated heterocycles. The van der Waals surface area contributed by atoms with E-state index in [0.29, 0.717) is 12.0 Å². The van der Waals surface area contributed by atoms with Crippen LogP contribution in [0.4, 0.5) is 13.2 Å². The molecule has 0 fully saturated rings. The van der Waals surface area contributed by atoms with Crippen molar-refractivity contribution in [3.8, 4) is 0 Å². The highest BCUT2D eigenvalue weighted by atomic mass is 32.2. The van der Waals surface area contributed by atoms with Gasteiger partial charge in [0.15, 0.2) is 0 Å². The van der Waals surface area contributed by atoms with Gasteiger partial charge in [0.2, 0.25) is 0 Å². The minimum absolute atomic E-state index is 0.0594.